The van der Waals surface area contributed by atoms with Crippen molar-refractivity contribution in [2.75, 3.05) is 45.7 Å². The van der Waals surface area contributed by atoms with Crippen LogP contribution in [0.3, 0.4) is 0 Å². The third kappa shape index (κ3) is 6.50. The van der Waals surface area contributed by atoms with Crippen LogP contribution in [0.2, 0.25) is 0 Å². The smallest absolute Gasteiger partial charge is 0.150 e. The van der Waals surface area contributed by atoms with E-state index in [1.165, 1.54) is 0 Å². The first-order chi connectivity index (χ1) is 9.13. The molecule has 0 aliphatic rings. The third-order valence-corrected chi connectivity index (χ3v) is 2.93. The van der Waals surface area contributed by atoms with Gasteiger partial charge in [-0.2, -0.15) is 5.10 Å². The van der Waals surface area contributed by atoms with Crippen LogP contribution in [0.5, 0.6) is 0 Å². The maximum absolute atomic E-state index is 4.28. The highest BCUT2D eigenvalue weighted by Crippen LogP contribution is 2.07. The second kappa shape index (κ2) is 8.82. The van der Waals surface area contributed by atoms with Gasteiger partial charge in [-0.15, -0.1) is 5.10 Å². The molecule has 1 rings (SSSR count). The summed E-state index contributed by atoms with van der Waals surface area (Å²) in [6.45, 7) is 6.07. The van der Waals surface area contributed by atoms with Gasteiger partial charge in [0.05, 0.1) is 5.69 Å². The van der Waals surface area contributed by atoms with E-state index < -0.39 is 0 Å². The number of nitrogens with one attached hydrogen (secondary N) is 1. The van der Waals surface area contributed by atoms with E-state index in [-0.39, 0.29) is 0 Å². The van der Waals surface area contributed by atoms with Crippen molar-refractivity contribution in [2.24, 2.45) is 0 Å². The third-order valence-electron chi connectivity index (χ3n) is 2.93. The van der Waals surface area contributed by atoms with E-state index in [2.05, 4.69) is 53.4 Å². The van der Waals surface area contributed by atoms with Crippen LogP contribution in [-0.4, -0.2) is 55.9 Å². The van der Waals surface area contributed by atoms with Gasteiger partial charge in [0, 0.05) is 20.1 Å². The first-order valence-corrected chi connectivity index (χ1v) is 7.02. The minimum atomic E-state index is 0.797. The molecule has 5 heteroatoms. The van der Waals surface area contributed by atoms with Crippen molar-refractivity contribution in [2.45, 2.75) is 26.3 Å². The lowest BCUT2D eigenvalue weighted by atomic mass is 10.3. The SMILES string of the molecule is CCCNCc1ccc(N(C)CCCN(C)C)nn1. The number of hydrogen-bond acceptors (Lipinski definition) is 5. The van der Waals surface area contributed by atoms with Crippen LogP contribution in [0.1, 0.15) is 25.5 Å². The quantitative estimate of drug-likeness (QED) is 0.683. The highest BCUT2D eigenvalue weighted by molar-refractivity contribution is 5.35. The second-order valence-electron chi connectivity index (χ2n) is 5.14. The molecule has 0 fully saturated rings. The van der Waals surface area contributed by atoms with Crippen molar-refractivity contribution >= 4 is 5.82 Å². The molecule has 0 bridgehead atoms. The summed E-state index contributed by atoms with van der Waals surface area (Å²) < 4.78 is 0. The van der Waals surface area contributed by atoms with Crippen LogP contribution in [0.15, 0.2) is 12.1 Å². The first-order valence-electron chi connectivity index (χ1n) is 7.02. The molecule has 1 aromatic heterocycles. The zero-order chi connectivity index (χ0) is 14.1. The zero-order valence-electron chi connectivity index (χ0n) is 12.7. The Balaban J connectivity index is 2.37. The molecule has 0 aliphatic carbocycles. The van der Waals surface area contributed by atoms with Crippen molar-refractivity contribution in [3.05, 3.63) is 17.8 Å². The van der Waals surface area contributed by atoms with Crippen LogP contribution >= 0.6 is 0 Å². The summed E-state index contributed by atoms with van der Waals surface area (Å²) in [7, 11) is 6.25. The van der Waals surface area contributed by atoms with Gasteiger partial charge >= 0.3 is 0 Å². The fourth-order valence-corrected chi connectivity index (χ4v) is 1.78. The van der Waals surface area contributed by atoms with Crippen LogP contribution < -0.4 is 10.2 Å². The molecule has 0 saturated heterocycles. The number of aromatic nitrogens is 2. The van der Waals surface area contributed by atoms with Gasteiger partial charge in [-0.25, -0.2) is 0 Å². The van der Waals surface area contributed by atoms with Crippen molar-refractivity contribution in [3.63, 3.8) is 0 Å². The number of rotatable bonds is 9. The number of anilines is 1. The molecule has 0 atom stereocenters. The Morgan fingerprint density at radius 1 is 1.11 bits per heavy atom. The summed E-state index contributed by atoms with van der Waals surface area (Å²) in [5.41, 5.74) is 0.999. The van der Waals surface area contributed by atoms with Gasteiger partial charge in [0.25, 0.3) is 0 Å². The van der Waals surface area contributed by atoms with Crippen LogP contribution in [-0.2, 0) is 6.54 Å². The molecule has 5 nitrogen and oxygen atoms in total. The normalized spacial score (nSPS) is 11.0. The minimum absolute atomic E-state index is 0.797. The van der Waals surface area contributed by atoms with E-state index in [4.69, 9.17) is 0 Å². The standard InChI is InChI=1S/C14H27N5/c1-5-9-15-12-13-7-8-14(17-16-13)19(4)11-6-10-18(2)3/h7-8,15H,5-6,9-12H2,1-4H3. The molecule has 108 valence electrons. The Morgan fingerprint density at radius 3 is 2.47 bits per heavy atom. The summed E-state index contributed by atoms with van der Waals surface area (Å²) in [5.74, 6) is 0.943. The average Bonchev–Trinajstić information content (AvgIpc) is 2.39. The predicted octanol–water partition coefficient (Wildman–Crippen LogP) is 1.36. The van der Waals surface area contributed by atoms with Crippen molar-refractivity contribution in [1.82, 2.24) is 20.4 Å². The van der Waals surface area contributed by atoms with E-state index in [0.29, 0.717) is 0 Å². The number of hydrogen-bond donors (Lipinski definition) is 1. The van der Waals surface area contributed by atoms with Gasteiger partial charge < -0.3 is 15.1 Å². The lowest BCUT2D eigenvalue weighted by Gasteiger charge is -2.18. The summed E-state index contributed by atoms with van der Waals surface area (Å²) in [4.78, 5) is 4.35. The monoisotopic (exact) mass is 265 g/mol. The van der Waals surface area contributed by atoms with Gasteiger partial charge in [0.15, 0.2) is 5.82 Å². The average molecular weight is 265 g/mol. The Kier molecular flexibility index (Phi) is 7.36. The van der Waals surface area contributed by atoms with Gasteiger partial charge in [-0.3, -0.25) is 0 Å². The molecular weight excluding hydrogens is 238 g/mol. The topological polar surface area (TPSA) is 44.3 Å². The summed E-state index contributed by atoms with van der Waals surface area (Å²) in [6.07, 6.45) is 2.27. The van der Waals surface area contributed by atoms with Gasteiger partial charge in [-0.05, 0) is 52.2 Å². The molecule has 0 spiro atoms. The predicted molar refractivity (Wildman–Crippen MR) is 80.5 cm³/mol. The second-order valence-corrected chi connectivity index (χ2v) is 5.14. The first kappa shape index (κ1) is 15.9. The highest BCUT2D eigenvalue weighted by Gasteiger charge is 2.03. The van der Waals surface area contributed by atoms with Crippen molar-refractivity contribution < 1.29 is 0 Å². The fraction of sp³-hybridized carbons (Fsp3) is 0.714. The molecule has 1 heterocycles. The maximum Gasteiger partial charge on any atom is 0.150 e. The lowest BCUT2D eigenvalue weighted by Crippen LogP contribution is -2.24. The van der Waals surface area contributed by atoms with Crippen LogP contribution in [0.25, 0.3) is 0 Å². The van der Waals surface area contributed by atoms with Crippen molar-refractivity contribution in [3.8, 4) is 0 Å². The largest absolute Gasteiger partial charge is 0.358 e. The van der Waals surface area contributed by atoms with Crippen LogP contribution in [0.4, 0.5) is 5.82 Å². The Labute approximate surface area is 117 Å². The Bertz CT molecular complexity index is 336. The summed E-state index contributed by atoms with van der Waals surface area (Å²) in [5, 5.41) is 11.9. The summed E-state index contributed by atoms with van der Waals surface area (Å²) >= 11 is 0. The fourth-order valence-electron chi connectivity index (χ4n) is 1.78. The van der Waals surface area contributed by atoms with Crippen molar-refractivity contribution in [1.29, 1.82) is 0 Å². The highest BCUT2D eigenvalue weighted by atomic mass is 15.2. The molecule has 1 N–H and O–H groups in total. The number of nitrogens with zero attached hydrogens (tertiary/aromatic N) is 4. The molecule has 1 aromatic rings. The maximum atomic E-state index is 4.28. The van der Waals surface area contributed by atoms with Crippen LogP contribution in [0, 0.1) is 0 Å². The summed E-state index contributed by atoms with van der Waals surface area (Å²) in [6, 6.07) is 4.10. The minimum Gasteiger partial charge on any atom is -0.358 e. The van der Waals surface area contributed by atoms with Gasteiger partial charge in [0.2, 0.25) is 0 Å². The molecular formula is C14H27N5. The molecule has 19 heavy (non-hydrogen) atoms. The molecule has 0 unspecified atom stereocenters. The van der Waals surface area contributed by atoms with Gasteiger partial charge in [0.1, 0.15) is 0 Å². The Hall–Kier alpha value is -1.20. The van der Waals surface area contributed by atoms with Gasteiger partial charge in [-0.1, -0.05) is 6.92 Å². The Morgan fingerprint density at radius 2 is 1.89 bits per heavy atom. The van der Waals surface area contributed by atoms with E-state index in [0.717, 1.165) is 50.5 Å². The molecule has 0 amide bonds. The van der Waals surface area contributed by atoms with E-state index in [9.17, 15) is 0 Å². The van der Waals surface area contributed by atoms with E-state index >= 15 is 0 Å². The molecule has 0 saturated carbocycles. The van der Waals surface area contributed by atoms with E-state index in [1.807, 2.05) is 12.1 Å². The lowest BCUT2D eigenvalue weighted by molar-refractivity contribution is 0.401. The molecule has 0 aromatic carbocycles. The molecule has 0 aliphatic heterocycles. The zero-order valence-corrected chi connectivity index (χ0v) is 12.7. The van der Waals surface area contributed by atoms with E-state index in [1.54, 1.807) is 0 Å². The molecule has 0 radical (unpaired) electrons.